The number of hydrogen-bond donors (Lipinski definition) is 1. The van der Waals surface area contributed by atoms with E-state index in [9.17, 15) is 4.79 Å². The van der Waals surface area contributed by atoms with Crippen LogP contribution in [0.5, 0.6) is 0 Å². The Labute approximate surface area is 216 Å². The maximum absolute atomic E-state index is 10.0. The van der Waals surface area contributed by atoms with Gasteiger partial charge in [-0.15, -0.1) is 0 Å². The minimum absolute atomic E-state index is 0. The summed E-state index contributed by atoms with van der Waals surface area (Å²) in [6, 6.07) is 29.2. The Morgan fingerprint density at radius 3 is 2.38 bits per heavy atom. The van der Waals surface area contributed by atoms with E-state index in [1.54, 1.807) is 0 Å². The topological polar surface area (TPSA) is 55.1 Å². The van der Waals surface area contributed by atoms with Crippen LogP contribution in [0.25, 0.3) is 46.9 Å². The zero-order valence-electron chi connectivity index (χ0n) is 18.6. The summed E-state index contributed by atoms with van der Waals surface area (Å²) in [7, 11) is 0. The molecule has 6 aromatic rings. The van der Waals surface area contributed by atoms with Crippen molar-refractivity contribution < 1.29 is 30.0 Å². The molecule has 6 rings (SSSR count). The third-order valence-electron chi connectivity index (χ3n) is 5.37. The van der Waals surface area contributed by atoms with Crippen LogP contribution < -0.4 is 0 Å². The van der Waals surface area contributed by atoms with Crippen molar-refractivity contribution in [2.75, 3.05) is 0 Å². The first-order valence-electron chi connectivity index (χ1n) is 10.6. The van der Waals surface area contributed by atoms with Gasteiger partial charge in [0.05, 0.1) is 5.76 Å². The normalized spacial score (nSPS) is 11.4. The van der Waals surface area contributed by atoms with E-state index in [1.165, 1.54) is 55.9 Å². The molecule has 0 saturated heterocycles. The zero-order chi connectivity index (χ0) is 22.9. The van der Waals surface area contributed by atoms with Crippen molar-refractivity contribution in [1.29, 1.82) is 0 Å². The van der Waals surface area contributed by atoms with Crippen LogP contribution in [0.3, 0.4) is 0 Å². The van der Waals surface area contributed by atoms with Crippen LogP contribution in [0, 0.1) is 6.07 Å². The first-order chi connectivity index (χ1) is 16.0. The second-order valence-electron chi connectivity index (χ2n) is 7.78. The average Bonchev–Trinajstić information content (AvgIpc) is 3.06. The van der Waals surface area contributed by atoms with Gasteiger partial charge in [0.25, 0.3) is 0 Å². The molecule has 1 N–H and O–H groups in total. The predicted molar refractivity (Wildman–Crippen MR) is 136 cm³/mol. The number of fused-ring (bicyclic) bond motifs is 2. The molecule has 0 fully saturated rings. The Balaban J connectivity index is 0.000000303. The Hall–Kier alpha value is -3.01. The molecule has 0 spiro atoms. The number of carbonyl (C=O) groups is 1. The number of ketones is 1. The van der Waals surface area contributed by atoms with E-state index in [0.29, 0.717) is 0 Å². The van der Waals surface area contributed by atoms with E-state index >= 15 is 0 Å². The van der Waals surface area contributed by atoms with Crippen LogP contribution in [-0.4, -0.2) is 34.9 Å². The molecule has 4 nitrogen and oxygen atoms in total. The van der Waals surface area contributed by atoms with Crippen molar-refractivity contribution in [3.05, 3.63) is 96.9 Å². The molecule has 1 radical (unpaired) electrons. The number of benzene rings is 3. The van der Waals surface area contributed by atoms with E-state index in [4.69, 9.17) is 10.1 Å². The summed E-state index contributed by atoms with van der Waals surface area (Å²) >= 11 is 0.228. The van der Waals surface area contributed by atoms with E-state index in [-0.39, 0.29) is 46.2 Å². The van der Waals surface area contributed by atoms with E-state index in [2.05, 4.69) is 71.3 Å². The number of aliphatic hydroxyl groups excluding tert-OH is 1. The molecular formula is C28H21IrN2O2Se-. The SMILES string of the molecule is CC(=O)/C=C(/C)O.[Ir].[c-]1ccc2c3c1c1ncccc1[se]c1cccc(c13)n2-c1ccccc1. The van der Waals surface area contributed by atoms with Gasteiger partial charge in [-0.3, -0.25) is 4.79 Å². The molecule has 3 aromatic carbocycles. The van der Waals surface area contributed by atoms with Crippen LogP contribution in [0.4, 0.5) is 0 Å². The van der Waals surface area contributed by atoms with Gasteiger partial charge >= 0.3 is 156 Å². The van der Waals surface area contributed by atoms with Crippen LogP contribution in [-0.2, 0) is 24.9 Å². The zero-order valence-corrected chi connectivity index (χ0v) is 22.7. The summed E-state index contributed by atoms with van der Waals surface area (Å²) in [6.45, 7) is 2.85. The molecule has 0 aliphatic rings. The second kappa shape index (κ2) is 10.1. The van der Waals surface area contributed by atoms with Crippen LogP contribution >= 0.6 is 0 Å². The number of carbonyl (C=O) groups excluding carboxylic acids is 1. The van der Waals surface area contributed by atoms with Gasteiger partial charge in [0, 0.05) is 26.2 Å². The number of rotatable bonds is 2. The van der Waals surface area contributed by atoms with Crippen molar-refractivity contribution >= 4 is 61.5 Å². The maximum atomic E-state index is 10.0. The summed E-state index contributed by atoms with van der Waals surface area (Å²) in [4.78, 5) is 14.7. The molecule has 34 heavy (non-hydrogen) atoms. The van der Waals surface area contributed by atoms with Crippen LogP contribution in [0.15, 0.2) is 90.8 Å². The number of hydrogen-bond acceptors (Lipinski definition) is 3. The van der Waals surface area contributed by atoms with E-state index in [1.807, 2.05) is 18.3 Å². The third kappa shape index (κ3) is 4.38. The summed E-state index contributed by atoms with van der Waals surface area (Å²) in [6.07, 6.45) is 3.06. The van der Waals surface area contributed by atoms with Gasteiger partial charge in [0.15, 0.2) is 5.78 Å². The van der Waals surface area contributed by atoms with E-state index in [0.717, 1.165) is 10.9 Å². The molecule has 0 amide bonds. The van der Waals surface area contributed by atoms with Crippen LogP contribution in [0.2, 0.25) is 0 Å². The van der Waals surface area contributed by atoms with Gasteiger partial charge < -0.3 is 5.11 Å². The van der Waals surface area contributed by atoms with Crippen molar-refractivity contribution in [1.82, 2.24) is 9.55 Å². The molecule has 0 aliphatic heterocycles. The minimum atomic E-state index is -0.125. The number of nitrogens with zero attached hydrogens (tertiary/aromatic N) is 2. The molecule has 0 bridgehead atoms. The Kier molecular flexibility index (Phi) is 7.16. The van der Waals surface area contributed by atoms with Crippen molar-refractivity contribution in [2.45, 2.75) is 13.8 Å². The van der Waals surface area contributed by atoms with Gasteiger partial charge in [0.1, 0.15) is 0 Å². The number of allylic oxidation sites excluding steroid dienone is 2. The summed E-state index contributed by atoms with van der Waals surface area (Å²) in [5, 5.41) is 12.1. The van der Waals surface area contributed by atoms with Gasteiger partial charge in [-0.2, -0.15) is 0 Å². The third-order valence-corrected chi connectivity index (χ3v) is 7.69. The fraction of sp³-hybridized carbons (Fsp3) is 0.0714. The van der Waals surface area contributed by atoms with Crippen LogP contribution in [0.1, 0.15) is 13.8 Å². The van der Waals surface area contributed by atoms with Gasteiger partial charge in [-0.25, -0.2) is 0 Å². The number of pyridine rings is 1. The standard InChI is InChI=1S/C23H13N2Se.C5H8O2.Ir/c1-2-7-15(8-3-1)25-17-10-4-9-16-21(17)22-18(25)11-5-12-19(22)26-20-13-6-14-24-23(16)20;1-4(6)3-5(2)7;/h1-8,10-14H;3,6H,1-2H3;/q-1;;/b;4-3-;. The molecular weight excluding hydrogens is 667 g/mol. The summed E-state index contributed by atoms with van der Waals surface area (Å²) in [5.41, 5.74) is 4.76. The fourth-order valence-corrected chi connectivity index (χ4v) is 6.50. The number of aliphatic hydroxyl groups is 1. The molecule has 171 valence electrons. The number of aromatic nitrogens is 2. The molecule has 0 saturated carbocycles. The molecule has 0 atom stereocenters. The molecule has 0 unspecified atom stereocenters. The summed E-state index contributed by atoms with van der Waals surface area (Å²) in [5.74, 6) is -0.0625. The fourth-order valence-electron chi connectivity index (χ4n) is 4.21. The molecule has 3 heterocycles. The average molecular weight is 689 g/mol. The van der Waals surface area contributed by atoms with Gasteiger partial charge in [-0.05, 0) is 13.8 Å². The predicted octanol–water partition coefficient (Wildman–Crippen LogP) is 6.38. The Morgan fingerprint density at radius 1 is 0.941 bits per heavy atom. The van der Waals surface area contributed by atoms with Gasteiger partial charge in [-0.1, -0.05) is 0 Å². The molecule has 3 aromatic heterocycles. The van der Waals surface area contributed by atoms with Crippen molar-refractivity contribution in [3.63, 3.8) is 0 Å². The summed E-state index contributed by atoms with van der Waals surface area (Å²) < 4.78 is 5.12. The Morgan fingerprint density at radius 2 is 1.68 bits per heavy atom. The molecule has 0 aliphatic carbocycles. The van der Waals surface area contributed by atoms with Gasteiger partial charge in [0.2, 0.25) is 0 Å². The van der Waals surface area contributed by atoms with Crippen molar-refractivity contribution in [3.8, 4) is 5.69 Å². The molecule has 6 heteroatoms. The van der Waals surface area contributed by atoms with E-state index < -0.39 is 0 Å². The first kappa shape index (κ1) is 24.1. The quantitative estimate of drug-likeness (QED) is 0.0996. The second-order valence-corrected chi connectivity index (χ2v) is 10.1. The van der Waals surface area contributed by atoms with Crippen molar-refractivity contribution in [2.24, 2.45) is 0 Å². The first-order valence-corrected chi connectivity index (χ1v) is 12.3. The monoisotopic (exact) mass is 690 g/mol. The Bertz CT molecular complexity index is 1660. The number of para-hydroxylation sites is 1.